The molecule has 25 heavy (non-hydrogen) atoms. The van der Waals surface area contributed by atoms with Gasteiger partial charge in [-0.3, -0.25) is 9.59 Å². The molecule has 1 heterocycles. The van der Waals surface area contributed by atoms with Crippen molar-refractivity contribution in [1.29, 1.82) is 0 Å². The Morgan fingerprint density at radius 3 is 2.60 bits per heavy atom. The average molecular weight is 403 g/mol. The second-order valence-electron chi connectivity index (χ2n) is 5.85. The molecular formula is C19H19BrN2O3. The Morgan fingerprint density at radius 2 is 2.00 bits per heavy atom. The number of hydrogen-bond donors (Lipinski definition) is 1. The fourth-order valence-corrected chi connectivity index (χ4v) is 3.35. The molecule has 6 heteroatoms. The molecule has 0 saturated carbocycles. The van der Waals surface area contributed by atoms with Gasteiger partial charge >= 0.3 is 0 Å². The van der Waals surface area contributed by atoms with E-state index in [1.807, 2.05) is 24.3 Å². The largest absolute Gasteiger partial charge is 0.496 e. The fraction of sp³-hybridized carbons (Fsp3) is 0.263. The van der Waals surface area contributed by atoms with E-state index in [1.165, 1.54) is 0 Å². The summed E-state index contributed by atoms with van der Waals surface area (Å²) in [5.41, 5.74) is 2.46. The highest BCUT2D eigenvalue weighted by atomic mass is 79.9. The Bertz CT molecular complexity index is 790. The van der Waals surface area contributed by atoms with Crippen LogP contribution < -0.4 is 15.0 Å². The van der Waals surface area contributed by atoms with Crippen molar-refractivity contribution in [3.05, 3.63) is 58.1 Å². The van der Waals surface area contributed by atoms with Crippen molar-refractivity contribution in [3.8, 4) is 5.75 Å². The molecule has 0 atom stereocenters. The second kappa shape index (κ2) is 7.70. The minimum absolute atomic E-state index is 0.151. The number of anilines is 1. The molecule has 1 aliphatic heterocycles. The van der Waals surface area contributed by atoms with Gasteiger partial charge in [-0.2, -0.15) is 0 Å². The third-order valence-electron chi connectivity index (χ3n) is 4.19. The molecule has 2 aromatic carbocycles. The van der Waals surface area contributed by atoms with Crippen molar-refractivity contribution in [2.45, 2.75) is 19.4 Å². The molecule has 2 amide bonds. The maximum Gasteiger partial charge on any atom is 0.251 e. The minimum atomic E-state index is -0.151. The lowest BCUT2D eigenvalue weighted by atomic mass is 10.1. The molecule has 0 aromatic heterocycles. The topological polar surface area (TPSA) is 58.6 Å². The fourth-order valence-electron chi connectivity index (χ4n) is 2.81. The van der Waals surface area contributed by atoms with Crippen LogP contribution in [-0.4, -0.2) is 25.5 Å². The van der Waals surface area contributed by atoms with Gasteiger partial charge in [-0.25, -0.2) is 0 Å². The third kappa shape index (κ3) is 4.02. The first-order valence-corrected chi connectivity index (χ1v) is 8.89. The van der Waals surface area contributed by atoms with E-state index in [9.17, 15) is 9.59 Å². The summed E-state index contributed by atoms with van der Waals surface area (Å²) in [7, 11) is 1.58. The SMILES string of the molecule is COc1ccc(C(=O)NCc2ccc(N3CCCC3=O)cc2)cc1Br. The van der Waals surface area contributed by atoms with E-state index in [1.54, 1.807) is 30.2 Å². The molecule has 0 radical (unpaired) electrons. The predicted molar refractivity (Wildman–Crippen MR) is 99.9 cm³/mol. The predicted octanol–water partition coefficient (Wildman–Crippen LogP) is 3.51. The van der Waals surface area contributed by atoms with Gasteiger partial charge < -0.3 is 15.0 Å². The number of ether oxygens (including phenoxy) is 1. The lowest BCUT2D eigenvalue weighted by Crippen LogP contribution is -2.24. The third-order valence-corrected chi connectivity index (χ3v) is 4.81. The van der Waals surface area contributed by atoms with Crippen molar-refractivity contribution < 1.29 is 14.3 Å². The summed E-state index contributed by atoms with van der Waals surface area (Å²) in [4.78, 5) is 25.8. The van der Waals surface area contributed by atoms with Gasteiger partial charge in [0.05, 0.1) is 11.6 Å². The molecule has 130 valence electrons. The van der Waals surface area contributed by atoms with Crippen LogP contribution in [-0.2, 0) is 11.3 Å². The van der Waals surface area contributed by atoms with Gasteiger partial charge in [-0.15, -0.1) is 0 Å². The molecule has 3 rings (SSSR count). The van der Waals surface area contributed by atoms with E-state index < -0.39 is 0 Å². The zero-order valence-electron chi connectivity index (χ0n) is 13.9. The summed E-state index contributed by atoms with van der Waals surface area (Å²) >= 11 is 3.38. The van der Waals surface area contributed by atoms with E-state index in [0.717, 1.165) is 28.7 Å². The van der Waals surface area contributed by atoms with E-state index in [0.29, 0.717) is 24.3 Å². The molecule has 0 aliphatic carbocycles. The molecule has 0 unspecified atom stereocenters. The van der Waals surface area contributed by atoms with Crippen LogP contribution >= 0.6 is 15.9 Å². The summed E-state index contributed by atoms with van der Waals surface area (Å²) in [5.74, 6) is 0.705. The van der Waals surface area contributed by atoms with Crippen molar-refractivity contribution >= 4 is 33.4 Å². The molecule has 5 nitrogen and oxygen atoms in total. The van der Waals surface area contributed by atoms with Gasteiger partial charge in [0.25, 0.3) is 5.91 Å². The van der Waals surface area contributed by atoms with Crippen LogP contribution in [0.25, 0.3) is 0 Å². The van der Waals surface area contributed by atoms with E-state index in [2.05, 4.69) is 21.2 Å². The number of nitrogens with zero attached hydrogens (tertiary/aromatic N) is 1. The number of halogens is 1. The maximum atomic E-state index is 12.3. The Morgan fingerprint density at radius 1 is 1.24 bits per heavy atom. The van der Waals surface area contributed by atoms with Gasteiger partial charge in [0.2, 0.25) is 5.91 Å². The highest BCUT2D eigenvalue weighted by Gasteiger charge is 2.21. The number of methoxy groups -OCH3 is 1. The van der Waals surface area contributed by atoms with Gasteiger partial charge in [0.15, 0.2) is 0 Å². The number of amides is 2. The van der Waals surface area contributed by atoms with E-state index in [4.69, 9.17) is 4.74 Å². The highest BCUT2D eigenvalue weighted by Crippen LogP contribution is 2.25. The first-order valence-electron chi connectivity index (χ1n) is 8.09. The van der Waals surface area contributed by atoms with Crippen LogP contribution in [0.3, 0.4) is 0 Å². The van der Waals surface area contributed by atoms with Crippen molar-refractivity contribution in [2.24, 2.45) is 0 Å². The van der Waals surface area contributed by atoms with Crippen LogP contribution in [0.15, 0.2) is 46.9 Å². The molecule has 2 aromatic rings. The Labute approximate surface area is 155 Å². The number of benzene rings is 2. The monoisotopic (exact) mass is 402 g/mol. The zero-order chi connectivity index (χ0) is 17.8. The molecule has 1 saturated heterocycles. The van der Waals surface area contributed by atoms with E-state index in [-0.39, 0.29) is 11.8 Å². The van der Waals surface area contributed by atoms with Gasteiger partial charge in [-0.05, 0) is 58.2 Å². The van der Waals surface area contributed by atoms with Crippen molar-refractivity contribution in [3.63, 3.8) is 0 Å². The Balaban J connectivity index is 1.60. The molecule has 0 bridgehead atoms. The zero-order valence-corrected chi connectivity index (χ0v) is 15.5. The lowest BCUT2D eigenvalue weighted by molar-refractivity contribution is -0.117. The number of carbonyl (C=O) groups excluding carboxylic acids is 2. The van der Waals surface area contributed by atoms with Gasteiger partial charge in [-0.1, -0.05) is 12.1 Å². The first-order chi connectivity index (χ1) is 12.1. The normalized spacial score (nSPS) is 13.8. The van der Waals surface area contributed by atoms with Crippen LogP contribution in [0.2, 0.25) is 0 Å². The number of carbonyl (C=O) groups is 2. The summed E-state index contributed by atoms with van der Waals surface area (Å²) < 4.78 is 5.90. The minimum Gasteiger partial charge on any atom is -0.496 e. The maximum absolute atomic E-state index is 12.3. The number of nitrogens with one attached hydrogen (secondary N) is 1. The Hall–Kier alpha value is -2.34. The second-order valence-corrected chi connectivity index (χ2v) is 6.70. The quantitative estimate of drug-likeness (QED) is 0.831. The van der Waals surface area contributed by atoms with Crippen molar-refractivity contribution in [1.82, 2.24) is 5.32 Å². The highest BCUT2D eigenvalue weighted by molar-refractivity contribution is 9.10. The molecule has 1 aliphatic rings. The van der Waals surface area contributed by atoms with Crippen LogP contribution in [0.1, 0.15) is 28.8 Å². The number of rotatable bonds is 5. The lowest BCUT2D eigenvalue weighted by Gasteiger charge is -2.16. The van der Waals surface area contributed by atoms with Gasteiger partial charge in [0.1, 0.15) is 5.75 Å². The number of hydrogen-bond acceptors (Lipinski definition) is 3. The smallest absolute Gasteiger partial charge is 0.251 e. The average Bonchev–Trinajstić information content (AvgIpc) is 3.06. The standard InChI is InChI=1S/C19H19BrN2O3/c1-25-17-9-6-14(11-16(17)20)19(24)21-12-13-4-7-15(8-5-13)22-10-2-3-18(22)23/h4-9,11H,2-3,10,12H2,1H3,(H,21,24). The molecule has 1 fully saturated rings. The molecule has 0 spiro atoms. The summed E-state index contributed by atoms with van der Waals surface area (Å²) in [6.07, 6.45) is 1.53. The van der Waals surface area contributed by atoms with Crippen LogP contribution in [0, 0.1) is 0 Å². The van der Waals surface area contributed by atoms with Crippen LogP contribution in [0.4, 0.5) is 5.69 Å². The first kappa shape index (κ1) is 17.5. The van der Waals surface area contributed by atoms with Crippen LogP contribution in [0.5, 0.6) is 5.75 Å². The summed E-state index contributed by atoms with van der Waals surface area (Å²) in [5, 5.41) is 2.90. The summed E-state index contributed by atoms with van der Waals surface area (Å²) in [6, 6.07) is 12.9. The Kier molecular flexibility index (Phi) is 5.38. The molecular weight excluding hydrogens is 384 g/mol. The summed E-state index contributed by atoms with van der Waals surface area (Å²) in [6.45, 7) is 1.21. The van der Waals surface area contributed by atoms with Crippen molar-refractivity contribution in [2.75, 3.05) is 18.6 Å². The molecule has 1 N–H and O–H groups in total. The van der Waals surface area contributed by atoms with Gasteiger partial charge in [0, 0.05) is 30.8 Å². The van der Waals surface area contributed by atoms with E-state index >= 15 is 0 Å².